The highest BCUT2D eigenvalue weighted by molar-refractivity contribution is 5.69. The molecule has 6 heteroatoms. The van der Waals surface area contributed by atoms with E-state index in [-0.39, 0.29) is 5.97 Å². The molecule has 1 rings (SSSR count). The first-order valence-corrected chi connectivity index (χ1v) is 5.24. The molecule has 0 aromatic carbocycles. The van der Waals surface area contributed by atoms with Gasteiger partial charge >= 0.3 is 5.97 Å². The molecule has 17 heavy (non-hydrogen) atoms. The molecule has 1 aromatic rings. The Kier molecular flexibility index (Phi) is 4.68. The van der Waals surface area contributed by atoms with E-state index in [0.29, 0.717) is 24.7 Å². The van der Waals surface area contributed by atoms with Crippen LogP contribution in [0.4, 0.5) is 5.82 Å². The molecule has 0 fully saturated rings. The molecule has 0 bridgehead atoms. The molecule has 1 heterocycles. The van der Waals surface area contributed by atoms with E-state index >= 15 is 0 Å². The quantitative estimate of drug-likeness (QED) is 0.708. The number of hydrogen-bond donors (Lipinski definition) is 0. The SMILES string of the molecule is COC(=O)CCN(C)c1cc(OC)nc(C)n1. The second-order valence-corrected chi connectivity index (χ2v) is 3.56. The standard InChI is InChI=1S/C11H17N3O3/c1-8-12-9(7-10(13-8)16-3)14(2)6-5-11(15)17-4/h7H,5-6H2,1-4H3. The number of aromatic nitrogens is 2. The number of carbonyl (C=O) groups is 1. The lowest BCUT2D eigenvalue weighted by Crippen LogP contribution is -2.23. The fourth-order valence-corrected chi connectivity index (χ4v) is 1.30. The molecule has 0 radical (unpaired) electrons. The first kappa shape index (κ1) is 13.2. The molecular formula is C11H17N3O3. The van der Waals surface area contributed by atoms with Crippen LogP contribution in [0.1, 0.15) is 12.2 Å². The molecule has 0 amide bonds. The zero-order valence-corrected chi connectivity index (χ0v) is 10.6. The van der Waals surface area contributed by atoms with Crippen molar-refractivity contribution in [1.82, 2.24) is 9.97 Å². The van der Waals surface area contributed by atoms with Crippen LogP contribution in [0.25, 0.3) is 0 Å². The number of rotatable bonds is 5. The maximum Gasteiger partial charge on any atom is 0.307 e. The number of aryl methyl sites for hydroxylation is 1. The van der Waals surface area contributed by atoms with E-state index in [1.54, 1.807) is 20.1 Å². The monoisotopic (exact) mass is 239 g/mol. The van der Waals surface area contributed by atoms with E-state index in [0.717, 1.165) is 5.82 Å². The van der Waals surface area contributed by atoms with Crippen LogP contribution in [0.3, 0.4) is 0 Å². The Morgan fingerprint density at radius 2 is 2.12 bits per heavy atom. The van der Waals surface area contributed by atoms with Crippen LogP contribution in [0.2, 0.25) is 0 Å². The van der Waals surface area contributed by atoms with Crippen LogP contribution in [0.5, 0.6) is 5.88 Å². The highest BCUT2D eigenvalue weighted by Gasteiger charge is 2.09. The Morgan fingerprint density at radius 3 is 2.71 bits per heavy atom. The van der Waals surface area contributed by atoms with Crippen molar-refractivity contribution in [2.24, 2.45) is 0 Å². The van der Waals surface area contributed by atoms with Crippen LogP contribution in [0.15, 0.2) is 6.07 Å². The molecule has 0 spiro atoms. The average molecular weight is 239 g/mol. The Morgan fingerprint density at radius 1 is 1.41 bits per heavy atom. The molecule has 0 aliphatic rings. The Balaban J connectivity index is 2.71. The molecular weight excluding hydrogens is 222 g/mol. The van der Waals surface area contributed by atoms with Gasteiger partial charge in [0.1, 0.15) is 11.6 Å². The van der Waals surface area contributed by atoms with Crippen LogP contribution in [0, 0.1) is 6.92 Å². The summed E-state index contributed by atoms with van der Waals surface area (Å²) >= 11 is 0. The van der Waals surface area contributed by atoms with Crippen molar-refractivity contribution in [2.75, 3.05) is 32.7 Å². The summed E-state index contributed by atoms with van der Waals surface area (Å²) < 4.78 is 9.65. The smallest absolute Gasteiger partial charge is 0.307 e. The molecule has 0 unspecified atom stereocenters. The van der Waals surface area contributed by atoms with Crippen LogP contribution < -0.4 is 9.64 Å². The van der Waals surface area contributed by atoms with Crippen LogP contribution >= 0.6 is 0 Å². The van der Waals surface area contributed by atoms with Gasteiger partial charge in [0.05, 0.1) is 20.6 Å². The van der Waals surface area contributed by atoms with E-state index in [4.69, 9.17) is 4.74 Å². The van der Waals surface area contributed by atoms with Gasteiger partial charge in [-0.25, -0.2) is 4.98 Å². The van der Waals surface area contributed by atoms with Crippen molar-refractivity contribution >= 4 is 11.8 Å². The topological polar surface area (TPSA) is 64.5 Å². The minimum atomic E-state index is -0.241. The van der Waals surface area contributed by atoms with Crippen LogP contribution in [-0.4, -0.2) is 43.7 Å². The Labute approximate surface area is 101 Å². The van der Waals surface area contributed by atoms with Crippen molar-refractivity contribution in [3.8, 4) is 5.88 Å². The van der Waals surface area contributed by atoms with Gasteiger partial charge in [-0.15, -0.1) is 0 Å². The fraction of sp³-hybridized carbons (Fsp3) is 0.545. The van der Waals surface area contributed by atoms with Gasteiger partial charge in [0, 0.05) is 19.7 Å². The summed E-state index contributed by atoms with van der Waals surface area (Å²) in [6, 6.07) is 1.73. The van der Waals surface area contributed by atoms with Crippen molar-refractivity contribution in [2.45, 2.75) is 13.3 Å². The van der Waals surface area contributed by atoms with E-state index < -0.39 is 0 Å². The number of esters is 1. The molecule has 1 aromatic heterocycles. The third kappa shape index (κ3) is 3.90. The number of anilines is 1. The van der Waals surface area contributed by atoms with Gasteiger partial charge in [-0.2, -0.15) is 4.98 Å². The van der Waals surface area contributed by atoms with Gasteiger partial charge in [-0.1, -0.05) is 0 Å². The first-order chi connectivity index (χ1) is 8.06. The second-order valence-electron chi connectivity index (χ2n) is 3.56. The van der Waals surface area contributed by atoms with E-state index in [2.05, 4.69) is 14.7 Å². The summed E-state index contributed by atoms with van der Waals surface area (Å²) in [7, 11) is 4.78. The molecule has 0 saturated carbocycles. The summed E-state index contributed by atoms with van der Waals surface area (Å²) in [6.07, 6.45) is 0.318. The van der Waals surface area contributed by atoms with Gasteiger partial charge < -0.3 is 14.4 Å². The fourth-order valence-electron chi connectivity index (χ4n) is 1.30. The van der Waals surface area contributed by atoms with Gasteiger partial charge in [-0.05, 0) is 6.92 Å². The van der Waals surface area contributed by atoms with Gasteiger partial charge in [0.15, 0.2) is 0 Å². The predicted octanol–water partition coefficient (Wildman–Crippen LogP) is 0.793. The second kappa shape index (κ2) is 6.03. The maximum atomic E-state index is 11.0. The normalized spacial score (nSPS) is 9.88. The lowest BCUT2D eigenvalue weighted by atomic mass is 10.4. The molecule has 0 aliphatic carbocycles. The van der Waals surface area contributed by atoms with Gasteiger partial charge in [0.25, 0.3) is 0 Å². The molecule has 6 nitrogen and oxygen atoms in total. The van der Waals surface area contributed by atoms with E-state index in [9.17, 15) is 4.79 Å². The largest absolute Gasteiger partial charge is 0.481 e. The summed E-state index contributed by atoms with van der Waals surface area (Å²) in [5.74, 6) is 1.62. The third-order valence-corrected chi connectivity index (χ3v) is 2.28. The number of methoxy groups -OCH3 is 2. The maximum absolute atomic E-state index is 11.0. The number of ether oxygens (including phenoxy) is 2. The number of nitrogens with zero attached hydrogens (tertiary/aromatic N) is 3. The highest BCUT2D eigenvalue weighted by Crippen LogP contribution is 2.16. The molecule has 0 atom stereocenters. The van der Waals surface area contributed by atoms with Crippen LogP contribution in [-0.2, 0) is 9.53 Å². The number of hydrogen-bond acceptors (Lipinski definition) is 6. The lowest BCUT2D eigenvalue weighted by molar-refractivity contribution is -0.140. The Bertz CT molecular complexity index is 396. The van der Waals surface area contributed by atoms with Crippen molar-refractivity contribution in [1.29, 1.82) is 0 Å². The summed E-state index contributed by atoms with van der Waals surface area (Å²) in [6.45, 7) is 2.33. The Hall–Kier alpha value is -1.85. The van der Waals surface area contributed by atoms with E-state index in [1.807, 2.05) is 11.9 Å². The first-order valence-electron chi connectivity index (χ1n) is 5.24. The molecule has 0 saturated heterocycles. The third-order valence-electron chi connectivity index (χ3n) is 2.28. The predicted molar refractivity (Wildman–Crippen MR) is 63.2 cm³/mol. The summed E-state index contributed by atoms with van der Waals surface area (Å²) in [5, 5.41) is 0. The minimum absolute atomic E-state index is 0.241. The van der Waals surface area contributed by atoms with Gasteiger partial charge in [0.2, 0.25) is 5.88 Å². The molecule has 0 aliphatic heterocycles. The van der Waals surface area contributed by atoms with E-state index in [1.165, 1.54) is 7.11 Å². The highest BCUT2D eigenvalue weighted by atomic mass is 16.5. The molecule has 0 N–H and O–H groups in total. The summed E-state index contributed by atoms with van der Waals surface area (Å²) in [4.78, 5) is 21.2. The lowest BCUT2D eigenvalue weighted by Gasteiger charge is -2.18. The summed E-state index contributed by atoms with van der Waals surface area (Å²) in [5.41, 5.74) is 0. The van der Waals surface area contributed by atoms with Crippen molar-refractivity contribution < 1.29 is 14.3 Å². The zero-order valence-electron chi connectivity index (χ0n) is 10.6. The van der Waals surface area contributed by atoms with Crippen molar-refractivity contribution in [3.63, 3.8) is 0 Å². The number of carbonyl (C=O) groups excluding carboxylic acids is 1. The zero-order chi connectivity index (χ0) is 12.8. The average Bonchev–Trinajstić information content (AvgIpc) is 2.34. The van der Waals surface area contributed by atoms with Crippen molar-refractivity contribution in [3.05, 3.63) is 11.9 Å². The molecule has 94 valence electrons. The van der Waals surface area contributed by atoms with Gasteiger partial charge in [-0.3, -0.25) is 4.79 Å². The minimum Gasteiger partial charge on any atom is -0.481 e.